The van der Waals surface area contributed by atoms with Gasteiger partial charge in [-0.2, -0.15) is 5.26 Å². The van der Waals surface area contributed by atoms with Crippen LogP contribution in [-0.4, -0.2) is 31.7 Å². The molecule has 0 atom stereocenters. The van der Waals surface area contributed by atoms with Crippen molar-refractivity contribution in [3.05, 3.63) is 46.9 Å². The zero-order valence-electron chi connectivity index (χ0n) is 13.6. The van der Waals surface area contributed by atoms with Gasteiger partial charge in [-0.15, -0.1) is 12.6 Å². The molecule has 0 bridgehead atoms. The van der Waals surface area contributed by atoms with Gasteiger partial charge in [-0.1, -0.05) is 0 Å². The van der Waals surface area contributed by atoms with E-state index in [2.05, 4.69) is 22.9 Å². The Labute approximate surface area is 153 Å². The van der Waals surface area contributed by atoms with Crippen molar-refractivity contribution in [2.45, 2.75) is 18.1 Å². The first-order chi connectivity index (χ1) is 12.5. The molecule has 0 saturated carbocycles. The highest BCUT2D eigenvalue weighted by Gasteiger charge is 2.15. The monoisotopic (exact) mass is 369 g/mol. The first kappa shape index (κ1) is 17.6. The Morgan fingerprint density at radius 1 is 1.31 bits per heavy atom. The fourth-order valence-electron chi connectivity index (χ4n) is 2.54. The standard InChI is InChI=1S/C17H15N5O3S/c18-7-1-8-19-14(24)10-21-9-6-13-15(21)20-17(26)22(16(13)25)11-2-4-12(23)5-3-11/h2-6,9,23H,1,8,10H2,(H,19,24)(H,20,26). The second-order valence-electron chi connectivity index (χ2n) is 5.51. The van der Waals surface area contributed by atoms with E-state index in [1.807, 2.05) is 6.07 Å². The van der Waals surface area contributed by atoms with Crippen molar-refractivity contribution < 1.29 is 9.90 Å². The Morgan fingerprint density at radius 3 is 2.73 bits per heavy atom. The van der Waals surface area contributed by atoms with Crippen LogP contribution in [0.25, 0.3) is 16.7 Å². The molecule has 8 nitrogen and oxygen atoms in total. The number of phenolic OH excluding ortho intramolecular Hbond substituents is 1. The summed E-state index contributed by atoms with van der Waals surface area (Å²) in [6.07, 6.45) is 1.84. The molecule has 0 radical (unpaired) electrons. The summed E-state index contributed by atoms with van der Waals surface area (Å²) < 4.78 is 2.88. The first-order valence-corrected chi connectivity index (χ1v) is 8.20. The molecule has 26 heavy (non-hydrogen) atoms. The molecule has 9 heteroatoms. The van der Waals surface area contributed by atoms with Crippen LogP contribution >= 0.6 is 12.6 Å². The van der Waals surface area contributed by atoms with Gasteiger partial charge in [0.25, 0.3) is 5.56 Å². The van der Waals surface area contributed by atoms with Crippen molar-refractivity contribution in [1.29, 1.82) is 5.26 Å². The van der Waals surface area contributed by atoms with Crippen LogP contribution in [-0.2, 0) is 11.3 Å². The fourth-order valence-corrected chi connectivity index (χ4v) is 2.84. The Bertz CT molecular complexity index is 1060. The van der Waals surface area contributed by atoms with E-state index in [1.54, 1.807) is 29.0 Å². The van der Waals surface area contributed by atoms with Crippen LogP contribution < -0.4 is 10.9 Å². The van der Waals surface area contributed by atoms with Crippen LogP contribution in [0.1, 0.15) is 6.42 Å². The van der Waals surface area contributed by atoms with E-state index >= 15 is 0 Å². The van der Waals surface area contributed by atoms with Crippen LogP contribution in [0, 0.1) is 11.3 Å². The van der Waals surface area contributed by atoms with Crippen molar-refractivity contribution in [2.24, 2.45) is 0 Å². The molecule has 0 saturated heterocycles. The summed E-state index contributed by atoms with van der Waals surface area (Å²) in [6.45, 7) is 0.255. The number of hydrogen-bond acceptors (Lipinski definition) is 6. The Morgan fingerprint density at radius 2 is 2.04 bits per heavy atom. The second-order valence-corrected chi connectivity index (χ2v) is 5.91. The molecule has 3 rings (SSSR count). The smallest absolute Gasteiger partial charge is 0.268 e. The highest BCUT2D eigenvalue weighted by Crippen LogP contribution is 2.18. The Balaban J connectivity index is 1.97. The number of carbonyl (C=O) groups excluding carboxylic acids is 1. The van der Waals surface area contributed by atoms with E-state index in [0.29, 0.717) is 16.7 Å². The predicted molar refractivity (Wildman–Crippen MR) is 97.5 cm³/mol. The van der Waals surface area contributed by atoms with Gasteiger partial charge in [-0.3, -0.25) is 14.2 Å². The van der Waals surface area contributed by atoms with E-state index in [-0.39, 0.29) is 41.9 Å². The lowest BCUT2D eigenvalue weighted by Gasteiger charge is -2.10. The number of nitrogens with one attached hydrogen (secondary N) is 1. The quantitative estimate of drug-likeness (QED) is 0.355. The number of aromatic hydroxyl groups is 1. The number of aromatic nitrogens is 3. The van der Waals surface area contributed by atoms with E-state index in [4.69, 9.17) is 5.26 Å². The van der Waals surface area contributed by atoms with Gasteiger partial charge in [0, 0.05) is 12.7 Å². The maximum absolute atomic E-state index is 12.8. The van der Waals surface area contributed by atoms with Crippen molar-refractivity contribution in [1.82, 2.24) is 19.4 Å². The third-order valence-corrected chi connectivity index (χ3v) is 4.05. The first-order valence-electron chi connectivity index (χ1n) is 7.75. The van der Waals surface area contributed by atoms with Crippen LogP contribution in [0.4, 0.5) is 0 Å². The molecule has 0 unspecified atom stereocenters. The summed E-state index contributed by atoms with van der Waals surface area (Å²) in [4.78, 5) is 29.1. The topological polar surface area (TPSA) is 113 Å². The predicted octanol–water partition coefficient (Wildman–Crippen LogP) is 1.21. The molecule has 0 aliphatic heterocycles. The van der Waals surface area contributed by atoms with Crippen LogP contribution in [0.5, 0.6) is 5.75 Å². The lowest BCUT2D eigenvalue weighted by atomic mass is 10.3. The summed E-state index contributed by atoms with van der Waals surface area (Å²) in [5.41, 5.74) is 0.550. The molecule has 1 aromatic carbocycles. The minimum Gasteiger partial charge on any atom is -0.508 e. The lowest BCUT2D eigenvalue weighted by molar-refractivity contribution is -0.121. The zero-order valence-corrected chi connectivity index (χ0v) is 14.5. The van der Waals surface area contributed by atoms with Gasteiger partial charge < -0.3 is 15.0 Å². The van der Waals surface area contributed by atoms with Crippen molar-refractivity contribution >= 4 is 29.6 Å². The van der Waals surface area contributed by atoms with Crippen molar-refractivity contribution in [3.63, 3.8) is 0 Å². The zero-order chi connectivity index (χ0) is 18.7. The molecule has 0 spiro atoms. The number of rotatable bonds is 5. The molecular weight excluding hydrogens is 354 g/mol. The largest absolute Gasteiger partial charge is 0.508 e. The number of hydrogen-bond donors (Lipinski definition) is 3. The fraction of sp³-hybridized carbons (Fsp3) is 0.176. The normalized spacial score (nSPS) is 10.6. The number of nitriles is 1. The molecule has 0 aliphatic carbocycles. The van der Waals surface area contributed by atoms with Gasteiger partial charge in [0.05, 0.1) is 23.6 Å². The average molecular weight is 369 g/mol. The second kappa shape index (κ2) is 7.33. The number of carbonyl (C=O) groups is 1. The van der Waals surface area contributed by atoms with E-state index in [1.165, 1.54) is 16.7 Å². The lowest BCUT2D eigenvalue weighted by Crippen LogP contribution is -2.28. The van der Waals surface area contributed by atoms with E-state index < -0.39 is 0 Å². The van der Waals surface area contributed by atoms with Crippen LogP contribution in [0.2, 0.25) is 0 Å². The van der Waals surface area contributed by atoms with Gasteiger partial charge >= 0.3 is 0 Å². The highest BCUT2D eigenvalue weighted by atomic mass is 32.1. The van der Waals surface area contributed by atoms with Gasteiger partial charge in [0.2, 0.25) is 5.91 Å². The average Bonchev–Trinajstić information content (AvgIpc) is 2.99. The van der Waals surface area contributed by atoms with E-state index in [9.17, 15) is 14.7 Å². The van der Waals surface area contributed by atoms with E-state index in [0.717, 1.165) is 0 Å². The molecule has 0 aliphatic rings. The summed E-state index contributed by atoms with van der Waals surface area (Å²) in [5, 5.41) is 21.0. The Kier molecular flexibility index (Phi) is 4.95. The molecule has 132 valence electrons. The number of fused-ring (bicyclic) bond motifs is 1. The third-order valence-electron chi connectivity index (χ3n) is 3.75. The van der Waals surface area contributed by atoms with Gasteiger partial charge in [-0.25, -0.2) is 4.98 Å². The molecule has 2 heterocycles. The molecule has 0 fully saturated rings. The minimum absolute atomic E-state index is 0.0161. The number of amides is 1. The van der Waals surface area contributed by atoms with Crippen LogP contribution in [0.3, 0.4) is 0 Å². The SMILES string of the molecule is N#CCCNC(=O)Cn1ccc2c(=O)n(-c3ccc(O)cc3)c(S)nc21. The number of nitrogens with zero attached hydrogens (tertiary/aromatic N) is 4. The summed E-state index contributed by atoms with van der Waals surface area (Å²) in [6, 6.07) is 9.65. The minimum atomic E-state index is -0.325. The number of thiol groups is 1. The summed E-state index contributed by atoms with van der Waals surface area (Å²) in [5.74, 6) is -0.187. The molecule has 2 N–H and O–H groups in total. The molecular formula is C17H15N5O3S. The van der Waals surface area contributed by atoms with Gasteiger partial charge in [0.1, 0.15) is 17.9 Å². The van der Waals surface area contributed by atoms with Crippen LogP contribution in [0.15, 0.2) is 46.5 Å². The van der Waals surface area contributed by atoms with Gasteiger partial charge in [0.15, 0.2) is 5.16 Å². The summed E-state index contributed by atoms with van der Waals surface area (Å²) in [7, 11) is 0. The molecule has 2 aromatic heterocycles. The van der Waals surface area contributed by atoms with Crippen molar-refractivity contribution in [3.8, 4) is 17.5 Å². The summed E-state index contributed by atoms with van der Waals surface area (Å²) >= 11 is 4.30. The molecule has 1 amide bonds. The third kappa shape index (κ3) is 3.41. The number of benzene rings is 1. The molecule has 3 aromatic rings. The number of phenols is 1. The maximum atomic E-state index is 12.8. The van der Waals surface area contributed by atoms with Crippen molar-refractivity contribution in [2.75, 3.05) is 6.54 Å². The van der Waals surface area contributed by atoms with Gasteiger partial charge in [-0.05, 0) is 30.3 Å². The Hall–Kier alpha value is -3.25. The highest BCUT2D eigenvalue weighted by molar-refractivity contribution is 7.80. The maximum Gasteiger partial charge on any atom is 0.268 e.